The summed E-state index contributed by atoms with van der Waals surface area (Å²) in [7, 11) is 0. The molecule has 0 radical (unpaired) electrons. The van der Waals surface area contributed by atoms with Gasteiger partial charge in [0.05, 0.1) is 0 Å². The van der Waals surface area contributed by atoms with Crippen LogP contribution >= 0.6 is 0 Å². The fraction of sp³-hybridized carbons (Fsp3) is 0.0476. The molecule has 2 atom stereocenters. The molecule has 0 fully saturated rings. The molecule has 5 aromatic carbocycles. The summed E-state index contributed by atoms with van der Waals surface area (Å²) in [4.78, 5) is 0. The Kier molecular flexibility index (Phi) is 4.62. The van der Waals surface area contributed by atoms with E-state index in [2.05, 4.69) is 146 Å². The molecular weight excluding hydrogens is 520 g/mol. The molecule has 1 aromatic heterocycles. The molecular formula is C42H26O. The molecule has 1 heteroatoms. The zero-order valence-electron chi connectivity index (χ0n) is 23.4. The van der Waals surface area contributed by atoms with Crippen LogP contribution in [0.2, 0.25) is 0 Å². The van der Waals surface area contributed by atoms with E-state index in [0.717, 1.165) is 11.2 Å². The van der Waals surface area contributed by atoms with Crippen molar-refractivity contribution in [3.05, 3.63) is 179 Å². The van der Waals surface area contributed by atoms with Crippen LogP contribution in [0.15, 0.2) is 172 Å². The lowest BCUT2D eigenvalue weighted by atomic mass is 9.61. The van der Waals surface area contributed by atoms with Crippen molar-refractivity contribution in [2.75, 3.05) is 0 Å². The minimum Gasteiger partial charge on any atom is -0.456 e. The van der Waals surface area contributed by atoms with Crippen LogP contribution in [0.4, 0.5) is 0 Å². The van der Waals surface area contributed by atoms with Crippen LogP contribution in [-0.4, -0.2) is 0 Å². The normalized spacial score (nSPS) is 20.4. The summed E-state index contributed by atoms with van der Waals surface area (Å²) in [5.41, 5.74) is 12.6. The molecule has 0 spiro atoms. The van der Waals surface area contributed by atoms with Crippen molar-refractivity contribution in [2.45, 2.75) is 0 Å². The molecule has 1 heterocycles. The second-order valence-electron chi connectivity index (χ2n) is 12.1. The van der Waals surface area contributed by atoms with Crippen LogP contribution < -0.4 is 0 Å². The second kappa shape index (κ2) is 8.56. The Labute approximate surface area is 249 Å². The SMILES string of the molecule is C1=CC2=C(c3ccc4ccccc4c3)C=CC3=CC=C4C(c5cccc6oc7cc8ccccc8cc7c56)=CC=C1C4C32. The first-order valence-corrected chi connectivity index (χ1v) is 15.1. The van der Waals surface area contributed by atoms with E-state index >= 15 is 0 Å². The number of rotatable bonds is 2. The minimum absolute atomic E-state index is 0.287. The summed E-state index contributed by atoms with van der Waals surface area (Å²) in [6, 6.07) is 35.0. The van der Waals surface area contributed by atoms with E-state index in [0.29, 0.717) is 5.92 Å². The van der Waals surface area contributed by atoms with E-state index < -0.39 is 0 Å². The Hall–Kier alpha value is -5.40. The zero-order valence-corrected chi connectivity index (χ0v) is 23.4. The highest BCUT2D eigenvalue weighted by atomic mass is 16.3. The number of benzene rings is 5. The van der Waals surface area contributed by atoms with E-state index in [-0.39, 0.29) is 5.92 Å². The van der Waals surface area contributed by atoms with Gasteiger partial charge in [-0.15, -0.1) is 0 Å². The molecule has 2 unspecified atom stereocenters. The largest absolute Gasteiger partial charge is 0.456 e. The highest BCUT2D eigenvalue weighted by Crippen LogP contribution is 2.54. The number of fused-ring (bicyclic) bond motifs is 5. The lowest BCUT2D eigenvalue weighted by molar-refractivity contribution is 0.569. The average molecular weight is 547 g/mol. The molecule has 4 aliphatic rings. The molecule has 4 aliphatic carbocycles. The van der Waals surface area contributed by atoms with E-state index in [1.807, 2.05) is 0 Å². The number of allylic oxidation sites excluding steroid dienone is 14. The summed E-state index contributed by atoms with van der Waals surface area (Å²) >= 11 is 0. The molecule has 1 nitrogen and oxygen atoms in total. The van der Waals surface area contributed by atoms with Gasteiger partial charge in [0.25, 0.3) is 0 Å². The molecule has 0 amide bonds. The summed E-state index contributed by atoms with van der Waals surface area (Å²) in [5.74, 6) is 0.588. The van der Waals surface area contributed by atoms with Crippen LogP contribution in [0.1, 0.15) is 11.1 Å². The van der Waals surface area contributed by atoms with E-state index in [1.54, 1.807) is 0 Å². The fourth-order valence-corrected chi connectivity index (χ4v) is 7.88. The van der Waals surface area contributed by atoms with Crippen LogP contribution in [-0.2, 0) is 0 Å². The van der Waals surface area contributed by atoms with E-state index in [4.69, 9.17) is 4.42 Å². The molecule has 0 N–H and O–H groups in total. The number of hydrogen-bond acceptors (Lipinski definition) is 1. The van der Waals surface area contributed by atoms with Crippen LogP contribution in [0.3, 0.4) is 0 Å². The maximum Gasteiger partial charge on any atom is 0.136 e. The van der Waals surface area contributed by atoms with Crippen molar-refractivity contribution in [2.24, 2.45) is 11.8 Å². The standard InChI is InChI=1S/C42H26O/c1-2-7-28-22-31(13-12-25(28)6-1)32-18-14-26-17-21-36-33(19-15-27-16-20-35(32)40(26)41(27)36)34-10-5-11-38-42(34)37-23-29-8-3-4-9-30(29)24-39(37)43-38/h1-24,40-41H. The highest BCUT2D eigenvalue weighted by Gasteiger charge is 2.40. The monoisotopic (exact) mass is 546 g/mol. The predicted molar refractivity (Wildman–Crippen MR) is 180 cm³/mol. The lowest BCUT2D eigenvalue weighted by Crippen LogP contribution is -2.30. The number of hydrogen-bond donors (Lipinski definition) is 0. The first-order chi connectivity index (χ1) is 21.3. The molecule has 43 heavy (non-hydrogen) atoms. The average Bonchev–Trinajstić information content (AvgIpc) is 3.43. The Bertz CT molecular complexity index is 2450. The topological polar surface area (TPSA) is 13.1 Å². The first kappa shape index (κ1) is 23.2. The van der Waals surface area contributed by atoms with Gasteiger partial charge in [-0.1, -0.05) is 121 Å². The quantitative estimate of drug-likeness (QED) is 0.211. The zero-order chi connectivity index (χ0) is 28.1. The van der Waals surface area contributed by atoms with Gasteiger partial charge in [-0.05, 0) is 90.4 Å². The third-order valence-electron chi connectivity index (χ3n) is 9.85. The van der Waals surface area contributed by atoms with Crippen molar-refractivity contribution in [3.8, 4) is 0 Å². The van der Waals surface area contributed by atoms with Gasteiger partial charge in [0, 0.05) is 22.6 Å². The molecule has 0 saturated carbocycles. The van der Waals surface area contributed by atoms with Crippen molar-refractivity contribution >= 4 is 54.6 Å². The van der Waals surface area contributed by atoms with Crippen molar-refractivity contribution in [3.63, 3.8) is 0 Å². The smallest absolute Gasteiger partial charge is 0.136 e. The van der Waals surface area contributed by atoms with Gasteiger partial charge < -0.3 is 4.42 Å². The lowest BCUT2D eigenvalue weighted by Gasteiger charge is -2.42. The summed E-state index contributed by atoms with van der Waals surface area (Å²) in [6.45, 7) is 0. The fourth-order valence-electron chi connectivity index (χ4n) is 7.88. The van der Waals surface area contributed by atoms with Crippen LogP contribution in [0.5, 0.6) is 0 Å². The molecule has 0 saturated heterocycles. The third kappa shape index (κ3) is 3.28. The summed E-state index contributed by atoms with van der Waals surface area (Å²) in [6.07, 6.45) is 18.8. The van der Waals surface area contributed by atoms with Crippen molar-refractivity contribution in [1.29, 1.82) is 0 Å². The molecule has 0 bridgehead atoms. The predicted octanol–water partition coefficient (Wildman–Crippen LogP) is 10.9. The maximum absolute atomic E-state index is 6.46. The van der Waals surface area contributed by atoms with Crippen LogP contribution in [0, 0.1) is 11.8 Å². The molecule has 0 aliphatic heterocycles. The highest BCUT2D eigenvalue weighted by molar-refractivity contribution is 6.15. The van der Waals surface area contributed by atoms with E-state index in [9.17, 15) is 0 Å². The van der Waals surface area contributed by atoms with Crippen molar-refractivity contribution in [1.82, 2.24) is 0 Å². The molecule has 200 valence electrons. The number of furan rings is 1. The van der Waals surface area contributed by atoms with E-state index in [1.165, 1.54) is 76.9 Å². The van der Waals surface area contributed by atoms with Gasteiger partial charge in [0.2, 0.25) is 0 Å². The van der Waals surface area contributed by atoms with Gasteiger partial charge >= 0.3 is 0 Å². The Morgan fingerprint density at radius 3 is 2.14 bits per heavy atom. The Balaban J connectivity index is 1.15. The van der Waals surface area contributed by atoms with Crippen molar-refractivity contribution < 1.29 is 4.42 Å². The third-order valence-corrected chi connectivity index (χ3v) is 9.85. The van der Waals surface area contributed by atoms with Gasteiger partial charge in [0.1, 0.15) is 11.2 Å². The Morgan fingerprint density at radius 1 is 0.512 bits per heavy atom. The Morgan fingerprint density at radius 2 is 1.26 bits per heavy atom. The van der Waals surface area contributed by atoms with Gasteiger partial charge in [-0.25, -0.2) is 0 Å². The first-order valence-electron chi connectivity index (χ1n) is 15.1. The molecule has 10 rings (SSSR count). The van der Waals surface area contributed by atoms with Gasteiger partial charge in [-0.2, -0.15) is 0 Å². The van der Waals surface area contributed by atoms with Gasteiger partial charge in [-0.3, -0.25) is 0 Å². The minimum atomic E-state index is 0.287. The maximum atomic E-state index is 6.46. The van der Waals surface area contributed by atoms with Crippen LogP contribution in [0.25, 0.3) is 54.6 Å². The summed E-state index contributed by atoms with van der Waals surface area (Å²) < 4.78 is 6.46. The van der Waals surface area contributed by atoms with Gasteiger partial charge in [0.15, 0.2) is 0 Å². The molecule has 6 aromatic rings. The summed E-state index contributed by atoms with van der Waals surface area (Å²) in [5, 5.41) is 7.37. The second-order valence-corrected chi connectivity index (χ2v) is 12.1.